The zero-order valence-corrected chi connectivity index (χ0v) is 12.3. The van der Waals surface area contributed by atoms with Crippen molar-refractivity contribution < 1.29 is 14.3 Å². The first-order valence-electron chi connectivity index (χ1n) is 6.39. The molecule has 0 amide bonds. The molecule has 1 aromatic heterocycles. The van der Waals surface area contributed by atoms with E-state index in [0.717, 1.165) is 11.3 Å². The Morgan fingerprint density at radius 3 is 2.64 bits per heavy atom. The van der Waals surface area contributed by atoms with Crippen molar-refractivity contribution in [2.45, 2.75) is 0 Å². The van der Waals surface area contributed by atoms with Crippen molar-refractivity contribution in [1.29, 1.82) is 0 Å². The zero-order valence-electron chi connectivity index (χ0n) is 11.6. The van der Waals surface area contributed by atoms with E-state index in [9.17, 15) is 5.11 Å². The lowest BCUT2D eigenvalue weighted by Gasteiger charge is -2.04. The normalized spacial score (nSPS) is 10.5. The van der Waals surface area contributed by atoms with Gasteiger partial charge in [0.05, 0.1) is 12.8 Å². The highest BCUT2D eigenvalue weighted by molar-refractivity contribution is 6.30. The van der Waals surface area contributed by atoms with Gasteiger partial charge < -0.3 is 19.6 Å². The van der Waals surface area contributed by atoms with Crippen molar-refractivity contribution in [2.24, 2.45) is 0 Å². The van der Waals surface area contributed by atoms with Gasteiger partial charge in [-0.05, 0) is 42.5 Å². The van der Waals surface area contributed by atoms with Crippen LogP contribution in [0, 0.1) is 0 Å². The van der Waals surface area contributed by atoms with Gasteiger partial charge in [-0.25, -0.2) is 0 Å². The zero-order chi connectivity index (χ0) is 15.5. The van der Waals surface area contributed by atoms with Crippen molar-refractivity contribution in [1.82, 2.24) is 10.2 Å². The molecule has 3 aromatic rings. The number of aromatic nitrogens is 2. The van der Waals surface area contributed by atoms with Crippen LogP contribution in [-0.4, -0.2) is 22.4 Å². The number of phenolic OH excluding ortho intramolecular Hbond substituents is 1. The highest BCUT2D eigenvalue weighted by Crippen LogP contribution is 2.30. The summed E-state index contributed by atoms with van der Waals surface area (Å²) < 4.78 is 10.6. The summed E-state index contributed by atoms with van der Waals surface area (Å²) in [6.07, 6.45) is 0. The molecule has 0 aliphatic carbocycles. The van der Waals surface area contributed by atoms with E-state index in [-0.39, 0.29) is 11.8 Å². The molecule has 22 heavy (non-hydrogen) atoms. The van der Waals surface area contributed by atoms with E-state index in [1.807, 2.05) is 12.1 Å². The Labute approximate surface area is 131 Å². The Hall–Kier alpha value is -2.73. The molecule has 0 bridgehead atoms. The standard InChI is InChI=1S/C15H12ClN3O3/c1-21-11-5-2-9(3-6-11)14-18-19-15(22-14)17-12-8-10(16)4-7-13(12)20/h2-8,20H,1H3,(H,17,19). The number of anilines is 2. The molecule has 0 saturated carbocycles. The van der Waals surface area contributed by atoms with E-state index in [1.165, 1.54) is 6.07 Å². The summed E-state index contributed by atoms with van der Waals surface area (Å²) >= 11 is 5.88. The van der Waals surface area contributed by atoms with Crippen LogP contribution in [0.25, 0.3) is 11.5 Å². The van der Waals surface area contributed by atoms with Gasteiger partial charge in [-0.2, -0.15) is 0 Å². The van der Waals surface area contributed by atoms with Crippen molar-refractivity contribution in [3.05, 3.63) is 47.5 Å². The third-order valence-electron chi connectivity index (χ3n) is 2.96. The number of hydrogen-bond donors (Lipinski definition) is 2. The molecular weight excluding hydrogens is 306 g/mol. The number of ether oxygens (including phenoxy) is 1. The highest BCUT2D eigenvalue weighted by atomic mass is 35.5. The molecule has 0 atom stereocenters. The maximum atomic E-state index is 9.75. The predicted octanol–water partition coefficient (Wildman–Crippen LogP) is 3.85. The number of phenols is 1. The summed E-state index contributed by atoms with van der Waals surface area (Å²) in [6, 6.07) is 12.0. The Kier molecular flexibility index (Phi) is 3.84. The maximum absolute atomic E-state index is 9.75. The lowest BCUT2D eigenvalue weighted by Crippen LogP contribution is -1.90. The molecule has 0 radical (unpaired) electrons. The minimum Gasteiger partial charge on any atom is -0.506 e. The Bertz CT molecular complexity index is 787. The lowest BCUT2D eigenvalue weighted by atomic mass is 10.2. The van der Waals surface area contributed by atoms with E-state index in [0.29, 0.717) is 16.6 Å². The van der Waals surface area contributed by atoms with Crippen LogP contribution in [0.1, 0.15) is 0 Å². The number of nitrogens with one attached hydrogen (secondary N) is 1. The quantitative estimate of drug-likeness (QED) is 0.711. The fourth-order valence-electron chi connectivity index (χ4n) is 1.85. The monoisotopic (exact) mass is 317 g/mol. The van der Waals surface area contributed by atoms with Crippen LogP contribution in [0.2, 0.25) is 5.02 Å². The molecule has 2 N–H and O–H groups in total. The van der Waals surface area contributed by atoms with Gasteiger partial charge >= 0.3 is 6.01 Å². The summed E-state index contributed by atoms with van der Waals surface area (Å²) in [4.78, 5) is 0. The Balaban J connectivity index is 1.82. The summed E-state index contributed by atoms with van der Waals surface area (Å²) in [5, 5.41) is 20.9. The van der Waals surface area contributed by atoms with Crippen LogP contribution in [-0.2, 0) is 0 Å². The van der Waals surface area contributed by atoms with Crippen LogP contribution in [0.3, 0.4) is 0 Å². The largest absolute Gasteiger partial charge is 0.506 e. The summed E-state index contributed by atoms with van der Waals surface area (Å²) in [7, 11) is 1.60. The fourth-order valence-corrected chi connectivity index (χ4v) is 2.02. The smallest absolute Gasteiger partial charge is 0.320 e. The van der Waals surface area contributed by atoms with E-state index < -0.39 is 0 Å². The molecule has 0 unspecified atom stereocenters. The topological polar surface area (TPSA) is 80.4 Å². The molecule has 0 saturated heterocycles. The van der Waals surface area contributed by atoms with Crippen molar-refractivity contribution >= 4 is 23.3 Å². The van der Waals surface area contributed by atoms with E-state index in [4.69, 9.17) is 20.8 Å². The van der Waals surface area contributed by atoms with Crippen LogP contribution >= 0.6 is 11.6 Å². The maximum Gasteiger partial charge on any atom is 0.320 e. The number of methoxy groups -OCH3 is 1. The molecule has 0 spiro atoms. The van der Waals surface area contributed by atoms with Crippen LogP contribution < -0.4 is 10.1 Å². The molecule has 1 heterocycles. The molecule has 0 aliphatic rings. The molecule has 0 aliphatic heterocycles. The summed E-state index contributed by atoms with van der Waals surface area (Å²) in [6.45, 7) is 0. The fraction of sp³-hybridized carbons (Fsp3) is 0.0667. The number of aromatic hydroxyl groups is 1. The minimum atomic E-state index is 0.0357. The molecule has 3 rings (SSSR count). The summed E-state index contributed by atoms with van der Waals surface area (Å²) in [5.74, 6) is 1.13. The van der Waals surface area contributed by atoms with Gasteiger partial charge in [0.1, 0.15) is 11.5 Å². The second-order valence-electron chi connectivity index (χ2n) is 4.43. The van der Waals surface area contributed by atoms with Crippen LogP contribution in [0.4, 0.5) is 11.7 Å². The van der Waals surface area contributed by atoms with E-state index >= 15 is 0 Å². The molecule has 2 aromatic carbocycles. The van der Waals surface area contributed by atoms with Gasteiger partial charge in [0.15, 0.2) is 0 Å². The minimum absolute atomic E-state index is 0.0357. The summed E-state index contributed by atoms with van der Waals surface area (Å²) in [5.41, 5.74) is 1.15. The van der Waals surface area contributed by atoms with Gasteiger partial charge in [0.2, 0.25) is 5.89 Å². The van der Waals surface area contributed by atoms with E-state index in [1.54, 1.807) is 31.4 Å². The highest BCUT2D eigenvalue weighted by Gasteiger charge is 2.11. The van der Waals surface area contributed by atoms with Crippen molar-refractivity contribution in [3.63, 3.8) is 0 Å². The predicted molar refractivity (Wildman–Crippen MR) is 82.7 cm³/mol. The Morgan fingerprint density at radius 1 is 1.14 bits per heavy atom. The van der Waals surface area contributed by atoms with Gasteiger partial charge in [0.25, 0.3) is 0 Å². The third kappa shape index (κ3) is 2.96. The average molecular weight is 318 g/mol. The first kappa shape index (κ1) is 14.2. The van der Waals surface area contributed by atoms with Crippen molar-refractivity contribution in [3.8, 4) is 23.0 Å². The first-order valence-corrected chi connectivity index (χ1v) is 6.77. The van der Waals surface area contributed by atoms with E-state index in [2.05, 4.69) is 15.5 Å². The lowest BCUT2D eigenvalue weighted by molar-refractivity contribution is 0.415. The molecular formula is C15H12ClN3O3. The Morgan fingerprint density at radius 2 is 1.91 bits per heavy atom. The van der Waals surface area contributed by atoms with Gasteiger partial charge in [-0.3, -0.25) is 0 Å². The first-order chi connectivity index (χ1) is 10.7. The molecule has 0 fully saturated rings. The van der Waals surface area contributed by atoms with Crippen LogP contribution in [0.15, 0.2) is 46.9 Å². The number of hydrogen-bond acceptors (Lipinski definition) is 6. The number of nitrogens with zero attached hydrogens (tertiary/aromatic N) is 2. The number of halogens is 1. The average Bonchev–Trinajstić information content (AvgIpc) is 2.99. The van der Waals surface area contributed by atoms with Crippen LogP contribution in [0.5, 0.6) is 11.5 Å². The third-order valence-corrected chi connectivity index (χ3v) is 3.20. The van der Waals surface area contributed by atoms with Crippen molar-refractivity contribution in [2.75, 3.05) is 12.4 Å². The molecule has 112 valence electrons. The number of benzene rings is 2. The second-order valence-corrected chi connectivity index (χ2v) is 4.86. The number of rotatable bonds is 4. The SMILES string of the molecule is COc1ccc(-c2nnc(Nc3cc(Cl)ccc3O)o2)cc1. The van der Waals surface area contributed by atoms with Gasteiger partial charge in [-0.15, -0.1) is 5.10 Å². The molecule has 6 nitrogen and oxygen atoms in total. The van der Waals surface area contributed by atoms with Gasteiger partial charge in [-0.1, -0.05) is 16.7 Å². The van der Waals surface area contributed by atoms with Gasteiger partial charge in [0, 0.05) is 10.6 Å². The molecule has 7 heteroatoms. The second kappa shape index (κ2) is 5.95.